The molecule has 52 heavy (non-hydrogen) atoms. The highest BCUT2D eigenvalue weighted by molar-refractivity contribution is 7.69. The highest BCUT2D eigenvalue weighted by atomic mass is 31.3. The second-order valence-electron chi connectivity index (χ2n) is 10.4. The zero-order chi connectivity index (χ0) is 40.0. The number of aliphatic hydroxyl groups is 5. The van der Waals surface area contributed by atoms with Crippen molar-refractivity contribution in [2.24, 2.45) is 0 Å². The van der Waals surface area contributed by atoms with Crippen molar-refractivity contribution in [3.8, 4) is 0 Å². The molecule has 1 aromatic heterocycles. The molecule has 3 rings (SSSR count). The summed E-state index contributed by atoms with van der Waals surface area (Å²) in [7, 11) is -24.6. The van der Waals surface area contributed by atoms with E-state index in [0.717, 1.165) is 12.3 Å². The maximum absolute atomic E-state index is 12.2. The molecule has 13 atom stereocenters. The number of H-pyrrole nitrogens is 1. The van der Waals surface area contributed by atoms with Gasteiger partial charge in [-0.1, -0.05) is 20.8 Å². The average molecular weight is 841 g/mol. The van der Waals surface area contributed by atoms with E-state index < -0.39 is 110 Å². The van der Waals surface area contributed by atoms with Gasteiger partial charge in [-0.05, 0) is 19.6 Å². The van der Waals surface area contributed by atoms with Gasteiger partial charge < -0.3 is 64.6 Å². The Balaban J connectivity index is 0.00000121. The minimum absolute atomic E-state index is 0.625. The molecule has 0 aliphatic carbocycles. The van der Waals surface area contributed by atoms with Gasteiger partial charge in [0.2, 0.25) is 0 Å². The summed E-state index contributed by atoms with van der Waals surface area (Å²) in [6.07, 6.45) is -18.5. The van der Waals surface area contributed by atoms with E-state index >= 15 is 0 Å². The Morgan fingerprint density at radius 1 is 0.788 bits per heavy atom. The fraction of sp³-hybridized carbons (Fsp3) is 0.762. The van der Waals surface area contributed by atoms with Crippen LogP contribution in [0, 0.1) is 0 Å². The fourth-order valence-corrected chi connectivity index (χ4v) is 9.32. The minimum atomic E-state index is -6.36. The third-order valence-electron chi connectivity index (χ3n) is 6.88. The van der Waals surface area contributed by atoms with Crippen LogP contribution in [0.5, 0.6) is 0 Å². The molecule has 0 aromatic carbocycles. The van der Waals surface area contributed by atoms with E-state index in [9.17, 15) is 77.8 Å². The number of nitrogens with one attached hydrogen (secondary N) is 1. The smallest absolute Gasteiger partial charge is 0.479 e. The van der Waals surface area contributed by atoms with Crippen LogP contribution in [0.25, 0.3) is 0 Å². The molecule has 1 aromatic rings. The largest absolute Gasteiger partial charge is 0.490 e. The van der Waals surface area contributed by atoms with Crippen LogP contribution in [-0.4, -0.2) is 146 Å². The number of aromatic nitrogens is 2. The van der Waals surface area contributed by atoms with Gasteiger partial charge in [-0.2, -0.15) is 12.9 Å². The van der Waals surface area contributed by atoms with E-state index in [1.54, 1.807) is 0 Å². The number of aliphatic carboxylic acids is 1. The molecular formula is C21H39N3O24P4. The van der Waals surface area contributed by atoms with Gasteiger partial charge in [0.15, 0.2) is 18.6 Å². The van der Waals surface area contributed by atoms with Crippen LogP contribution in [0.1, 0.15) is 27.0 Å². The van der Waals surface area contributed by atoms with E-state index in [0.29, 0.717) is 4.57 Å². The molecule has 31 heteroatoms. The van der Waals surface area contributed by atoms with Crippen molar-refractivity contribution in [3.05, 3.63) is 33.1 Å². The number of hydrogen-bond donors (Lipinski definition) is 11. The van der Waals surface area contributed by atoms with E-state index in [1.165, 1.54) is 19.6 Å². The SMILES string of the molecule is CCN(CC)CC.O=C(O)[C@H]1O[C@H](OP(=O)(O)OP(=O)(O)OP(=O)(O)OP(=O)(O)OC[C@H]2O[C@@H](n3ccc(=O)[nH]c3=O)[C@H](O)[C@@H]2O)[C@H](O)[C@@H](O)[C@@H]1O. The molecule has 2 aliphatic heterocycles. The number of carboxylic acid groups (broad SMARTS) is 1. The molecule has 0 saturated carbocycles. The standard InChI is InChI=1S/C15H24N2O24P4.C6H15N/c18-5-1-2-17(15(26)16-5)12-9(22)6(19)4(36-12)3-35-42(27,28)39-44(31,32)41-45(33,34)40-43(29,30)38-14-10(23)7(20)8(21)11(37-14)13(24)25;1-4-7(5-2)6-3/h1-2,4,6-12,14,19-23H,3H2,(H,24,25)(H,27,28)(H,29,30)(H,31,32)(H,33,34)(H,16,18,26);4-6H2,1-3H3/t4-,6-,7+,8+,9-,10-,11+,12-,14-;/m1./s1. The van der Waals surface area contributed by atoms with Gasteiger partial charge in [0.05, 0.1) is 6.61 Å². The molecule has 4 unspecified atom stereocenters. The number of hydrogen-bond acceptors (Lipinski definition) is 20. The molecule has 0 radical (unpaired) electrons. The van der Waals surface area contributed by atoms with Gasteiger partial charge in [0.1, 0.15) is 36.6 Å². The molecule has 11 N–H and O–H groups in total. The number of rotatable bonds is 16. The van der Waals surface area contributed by atoms with Crippen LogP contribution in [-0.2, 0) is 54.5 Å². The number of phosphoric ester groups is 2. The fourth-order valence-electron chi connectivity index (χ4n) is 4.30. The van der Waals surface area contributed by atoms with Crippen molar-refractivity contribution in [2.75, 3.05) is 26.2 Å². The van der Waals surface area contributed by atoms with E-state index in [-0.39, 0.29) is 0 Å². The Hall–Kier alpha value is -1.61. The first kappa shape index (κ1) is 46.5. The lowest BCUT2D eigenvalue weighted by molar-refractivity contribution is -0.274. The lowest BCUT2D eigenvalue weighted by Crippen LogP contribution is -2.60. The molecule has 2 fully saturated rings. The van der Waals surface area contributed by atoms with Crippen LogP contribution in [0.4, 0.5) is 0 Å². The Bertz CT molecular complexity index is 1660. The summed E-state index contributed by atoms with van der Waals surface area (Å²) in [5.41, 5.74) is -1.91. The number of phosphoric acid groups is 4. The lowest BCUT2D eigenvalue weighted by atomic mass is 9.99. The Labute approximate surface area is 291 Å². The number of carboxylic acids is 1. The normalized spacial score (nSPS) is 32.4. The van der Waals surface area contributed by atoms with Gasteiger partial charge in [-0.15, -0.1) is 0 Å². The average Bonchev–Trinajstić information content (AvgIpc) is 3.28. The van der Waals surface area contributed by atoms with E-state index in [1.807, 2.05) is 4.98 Å². The third-order valence-corrected chi connectivity index (χ3v) is 12.8. The topological polar surface area (TPSA) is 410 Å². The van der Waals surface area contributed by atoms with Crippen molar-refractivity contribution in [1.82, 2.24) is 14.5 Å². The Morgan fingerprint density at radius 2 is 1.31 bits per heavy atom. The van der Waals surface area contributed by atoms with Gasteiger partial charge in [-0.3, -0.25) is 23.4 Å². The highest BCUT2D eigenvalue weighted by Crippen LogP contribution is 2.71. The summed E-state index contributed by atoms with van der Waals surface area (Å²) in [5, 5.41) is 58.3. The zero-order valence-electron chi connectivity index (χ0n) is 27.1. The minimum Gasteiger partial charge on any atom is -0.479 e. The molecule has 3 heterocycles. The second kappa shape index (κ2) is 18.8. The molecule has 0 spiro atoms. The van der Waals surface area contributed by atoms with Crippen molar-refractivity contribution >= 4 is 37.3 Å². The quantitative estimate of drug-likeness (QED) is 0.0733. The number of ether oxygens (including phenoxy) is 2. The number of nitrogens with zero attached hydrogens (tertiary/aromatic N) is 2. The van der Waals surface area contributed by atoms with Crippen LogP contribution in [0.3, 0.4) is 0 Å². The van der Waals surface area contributed by atoms with Crippen molar-refractivity contribution in [2.45, 2.75) is 76.0 Å². The molecule has 0 amide bonds. The van der Waals surface area contributed by atoms with Gasteiger partial charge in [-0.25, -0.2) is 27.8 Å². The van der Waals surface area contributed by atoms with Crippen LogP contribution < -0.4 is 11.2 Å². The summed E-state index contributed by atoms with van der Waals surface area (Å²) in [5.74, 6) is -1.96. The highest BCUT2D eigenvalue weighted by Gasteiger charge is 2.52. The van der Waals surface area contributed by atoms with Crippen LogP contribution in [0.2, 0.25) is 0 Å². The summed E-state index contributed by atoms with van der Waals surface area (Å²) in [4.78, 5) is 77.1. The first-order valence-corrected chi connectivity index (χ1v) is 20.5. The summed E-state index contributed by atoms with van der Waals surface area (Å²) in [6.45, 7) is 8.88. The summed E-state index contributed by atoms with van der Waals surface area (Å²) >= 11 is 0. The summed E-state index contributed by atoms with van der Waals surface area (Å²) in [6, 6.07) is 0.852. The Morgan fingerprint density at radius 3 is 1.79 bits per heavy atom. The molecule has 27 nitrogen and oxygen atoms in total. The van der Waals surface area contributed by atoms with Crippen molar-refractivity contribution in [1.29, 1.82) is 0 Å². The molecule has 302 valence electrons. The van der Waals surface area contributed by atoms with Crippen LogP contribution in [0.15, 0.2) is 21.9 Å². The van der Waals surface area contributed by atoms with Crippen molar-refractivity contribution in [3.63, 3.8) is 0 Å². The van der Waals surface area contributed by atoms with Gasteiger partial charge >= 0.3 is 42.9 Å². The van der Waals surface area contributed by atoms with Crippen molar-refractivity contribution < 1.29 is 105 Å². The maximum atomic E-state index is 12.2. The number of carbonyl (C=O) groups is 1. The maximum Gasteiger partial charge on any atom is 0.490 e. The van der Waals surface area contributed by atoms with Crippen LogP contribution >= 0.6 is 31.3 Å². The molecule has 2 saturated heterocycles. The predicted molar refractivity (Wildman–Crippen MR) is 165 cm³/mol. The first-order valence-electron chi connectivity index (χ1n) is 14.5. The lowest BCUT2D eigenvalue weighted by Gasteiger charge is -2.38. The summed E-state index contributed by atoms with van der Waals surface area (Å²) < 4.78 is 78.2. The van der Waals surface area contributed by atoms with E-state index in [4.69, 9.17) is 9.84 Å². The third kappa shape index (κ3) is 13.3. The predicted octanol–water partition coefficient (Wildman–Crippen LogP) is -3.12. The van der Waals surface area contributed by atoms with Gasteiger partial charge in [0.25, 0.3) is 5.56 Å². The first-order chi connectivity index (χ1) is 23.8. The second-order valence-corrected chi connectivity index (χ2v) is 16.6. The monoisotopic (exact) mass is 841 g/mol. The van der Waals surface area contributed by atoms with Gasteiger partial charge in [0, 0.05) is 12.3 Å². The number of aliphatic hydroxyl groups excluding tert-OH is 5. The van der Waals surface area contributed by atoms with E-state index in [2.05, 4.69) is 52.4 Å². The Kier molecular flexibility index (Phi) is 16.8. The molecule has 0 bridgehead atoms. The molecule has 2 aliphatic rings. The number of aromatic amines is 1. The molecular weight excluding hydrogens is 802 g/mol. The zero-order valence-corrected chi connectivity index (χ0v) is 30.6.